The Hall–Kier alpha value is -1.74. The fraction of sp³-hybridized carbons (Fsp3) is 0.600. The van der Waals surface area contributed by atoms with Gasteiger partial charge in [0.15, 0.2) is 5.96 Å². The maximum Gasteiger partial charge on any atom is 0.237 e. The lowest BCUT2D eigenvalue weighted by Gasteiger charge is -2.14. The maximum absolute atomic E-state index is 11.5. The first kappa shape index (κ1) is 14.3. The van der Waals surface area contributed by atoms with Gasteiger partial charge in [0, 0.05) is 6.54 Å². The summed E-state index contributed by atoms with van der Waals surface area (Å²) in [7, 11) is 1.72. The molecular formula is C10H19N5O. The molecule has 0 radical (unpaired) electrons. The number of terminal acetylenes is 1. The highest BCUT2D eigenvalue weighted by Gasteiger charge is 2.14. The van der Waals surface area contributed by atoms with Crippen LogP contribution in [0.3, 0.4) is 0 Å². The number of nitrogens with zero attached hydrogens (tertiary/aromatic N) is 1. The van der Waals surface area contributed by atoms with Gasteiger partial charge in [0.25, 0.3) is 0 Å². The number of hydrogen-bond donors (Lipinski definition) is 4. The third-order valence-corrected chi connectivity index (χ3v) is 1.97. The first-order valence-electron chi connectivity index (χ1n) is 5.05. The van der Waals surface area contributed by atoms with Crippen LogP contribution < -0.4 is 22.1 Å². The fourth-order valence-corrected chi connectivity index (χ4v) is 1.17. The van der Waals surface area contributed by atoms with Crippen molar-refractivity contribution >= 4 is 11.9 Å². The molecule has 6 N–H and O–H groups in total. The van der Waals surface area contributed by atoms with Gasteiger partial charge in [0.05, 0.1) is 12.6 Å². The molecule has 0 aliphatic heterocycles. The van der Waals surface area contributed by atoms with Crippen LogP contribution in [0.25, 0.3) is 0 Å². The van der Waals surface area contributed by atoms with Gasteiger partial charge < -0.3 is 22.1 Å². The minimum absolute atomic E-state index is 0.0674. The van der Waals surface area contributed by atoms with E-state index in [1.807, 2.05) is 0 Å². The number of nitrogens with two attached hydrogens (primary N) is 2. The molecule has 0 aliphatic carbocycles. The predicted molar refractivity (Wildman–Crippen MR) is 64.6 cm³/mol. The summed E-state index contributed by atoms with van der Waals surface area (Å²) in [6.45, 7) is 0.758. The first-order valence-corrected chi connectivity index (χ1v) is 5.05. The Morgan fingerprint density at radius 1 is 1.56 bits per heavy atom. The number of rotatable bonds is 7. The fourth-order valence-electron chi connectivity index (χ4n) is 1.17. The predicted octanol–water partition coefficient (Wildman–Crippen LogP) is -1.62. The average Bonchev–Trinajstić information content (AvgIpc) is 2.25. The Bertz CT molecular complexity index is 277. The van der Waals surface area contributed by atoms with Crippen molar-refractivity contribution in [1.29, 1.82) is 0 Å². The van der Waals surface area contributed by atoms with E-state index in [9.17, 15) is 4.79 Å². The molecule has 0 unspecified atom stereocenters. The number of aliphatic imine (C=N–C) groups is 1. The largest absolute Gasteiger partial charge is 0.370 e. The SMILES string of the molecule is C#CCNC(=O)[C@@H](CCCN=C(N)N)NC. The van der Waals surface area contributed by atoms with Crippen molar-refractivity contribution < 1.29 is 4.79 Å². The smallest absolute Gasteiger partial charge is 0.237 e. The van der Waals surface area contributed by atoms with Crippen molar-refractivity contribution in [2.24, 2.45) is 16.5 Å². The van der Waals surface area contributed by atoms with E-state index in [1.165, 1.54) is 0 Å². The van der Waals surface area contributed by atoms with Gasteiger partial charge in [-0.05, 0) is 19.9 Å². The molecule has 0 bridgehead atoms. The van der Waals surface area contributed by atoms with Crippen molar-refractivity contribution in [3.8, 4) is 12.3 Å². The lowest BCUT2D eigenvalue weighted by Crippen LogP contribution is -2.42. The van der Waals surface area contributed by atoms with Crippen molar-refractivity contribution in [2.75, 3.05) is 20.1 Å². The average molecular weight is 225 g/mol. The van der Waals surface area contributed by atoms with E-state index in [2.05, 4.69) is 21.5 Å². The van der Waals surface area contributed by atoms with Gasteiger partial charge in [-0.25, -0.2) is 0 Å². The van der Waals surface area contributed by atoms with Crippen LogP contribution in [-0.2, 0) is 4.79 Å². The standard InChI is InChI=1S/C10H19N5O/c1-3-6-14-9(16)8(13-2)5-4-7-15-10(11)12/h1,8,13H,4-7H2,2H3,(H,14,16)(H4,11,12,15)/t8-/m1/s1. The second-order valence-corrected chi connectivity index (χ2v) is 3.21. The van der Waals surface area contributed by atoms with Crippen LogP contribution in [0, 0.1) is 12.3 Å². The molecule has 90 valence electrons. The number of nitrogens with one attached hydrogen (secondary N) is 2. The topological polar surface area (TPSA) is 106 Å². The summed E-state index contributed by atoms with van der Waals surface area (Å²) in [6.07, 6.45) is 6.43. The van der Waals surface area contributed by atoms with E-state index >= 15 is 0 Å². The van der Waals surface area contributed by atoms with Crippen LogP contribution in [0.15, 0.2) is 4.99 Å². The highest BCUT2D eigenvalue weighted by molar-refractivity contribution is 5.81. The molecule has 0 aromatic rings. The number of hydrogen-bond acceptors (Lipinski definition) is 3. The molecule has 16 heavy (non-hydrogen) atoms. The van der Waals surface area contributed by atoms with Crippen molar-refractivity contribution in [1.82, 2.24) is 10.6 Å². The zero-order valence-electron chi connectivity index (χ0n) is 9.49. The molecule has 1 atom stereocenters. The van der Waals surface area contributed by atoms with Crippen LogP contribution in [0.4, 0.5) is 0 Å². The minimum Gasteiger partial charge on any atom is -0.370 e. The second-order valence-electron chi connectivity index (χ2n) is 3.21. The van der Waals surface area contributed by atoms with Crippen molar-refractivity contribution in [2.45, 2.75) is 18.9 Å². The molecule has 0 saturated heterocycles. The quantitative estimate of drug-likeness (QED) is 0.181. The third kappa shape index (κ3) is 6.68. The molecular weight excluding hydrogens is 206 g/mol. The maximum atomic E-state index is 11.5. The highest BCUT2D eigenvalue weighted by atomic mass is 16.2. The van der Waals surface area contributed by atoms with Crippen molar-refractivity contribution in [3.05, 3.63) is 0 Å². The highest BCUT2D eigenvalue weighted by Crippen LogP contribution is 1.97. The van der Waals surface area contributed by atoms with Crippen molar-refractivity contribution in [3.63, 3.8) is 0 Å². The van der Waals surface area contributed by atoms with Gasteiger partial charge in [-0.15, -0.1) is 6.42 Å². The van der Waals surface area contributed by atoms with Crippen LogP contribution in [0.5, 0.6) is 0 Å². The molecule has 0 heterocycles. The summed E-state index contributed by atoms with van der Waals surface area (Å²) in [6, 6.07) is -0.262. The number of amides is 1. The third-order valence-electron chi connectivity index (χ3n) is 1.97. The first-order chi connectivity index (χ1) is 7.61. The minimum atomic E-state index is -0.262. The van der Waals surface area contributed by atoms with Gasteiger partial charge in [-0.1, -0.05) is 5.92 Å². The van der Waals surface area contributed by atoms with Gasteiger partial charge in [0.2, 0.25) is 5.91 Å². The Balaban J connectivity index is 3.87. The molecule has 0 fully saturated rings. The summed E-state index contributed by atoms with van der Waals surface area (Å²) >= 11 is 0. The molecule has 0 saturated carbocycles. The van der Waals surface area contributed by atoms with Crippen LogP contribution >= 0.6 is 0 Å². The lowest BCUT2D eigenvalue weighted by molar-refractivity contribution is -0.122. The van der Waals surface area contributed by atoms with E-state index < -0.39 is 0 Å². The van der Waals surface area contributed by atoms with E-state index in [4.69, 9.17) is 17.9 Å². The van der Waals surface area contributed by atoms with E-state index in [1.54, 1.807) is 7.05 Å². The van der Waals surface area contributed by atoms with Crippen LogP contribution in [-0.4, -0.2) is 38.0 Å². The molecule has 0 rings (SSSR count). The van der Waals surface area contributed by atoms with Gasteiger partial charge in [0.1, 0.15) is 0 Å². The number of guanidine groups is 1. The van der Waals surface area contributed by atoms with E-state index in [-0.39, 0.29) is 24.5 Å². The Kier molecular flexibility index (Phi) is 7.63. The Labute approximate surface area is 95.9 Å². The summed E-state index contributed by atoms with van der Waals surface area (Å²) < 4.78 is 0. The van der Waals surface area contributed by atoms with Crippen LogP contribution in [0.2, 0.25) is 0 Å². The molecule has 0 aromatic heterocycles. The van der Waals surface area contributed by atoms with Gasteiger partial charge in [-0.2, -0.15) is 0 Å². The lowest BCUT2D eigenvalue weighted by atomic mass is 10.1. The van der Waals surface area contributed by atoms with Crippen LogP contribution in [0.1, 0.15) is 12.8 Å². The number of carbonyl (C=O) groups is 1. The van der Waals surface area contributed by atoms with Gasteiger partial charge in [-0.3, -0.25) is 9.79 Å². The number of carbonyl (C=O) groups excluding carboxylic acids is 1. The molecule has 0 spiro atoms. The Morgan fingerprint density at radius 3 is 2.75 bits per heavy atom. The molecule has 1 amide bonds. The zero-order chi connectivity index (χ0) is 12.4. The second kappa shape index (κ2) is 8.56. The molecule has 6 nitrogen and oxygen atoms in total. The zero-order valence-corrected chi connectivity index (χ0v) is 9.49. The summed E-state index contributed by atoms with van der Waals surface area (Å²) in [5.74, 6) is 2.31. The molecule has 0 aliphatic rings. The van der Waals surface area contributed by atoms with Gasteiger partial charge >= 0.3 is 0 Å². The summed E-state index contributed by atoms with van der Waals surface area (Å²) in [4.78, 5) is 15.3. The summed E-state index contributed by atoms with van der Waals surface area (Å²) in [5, 5.41) is 5.52. The Morgan fingerprint density at radius 2 is 2.25 bits per heavy atom. The molecule has 0 aromatic carbocycles. The molecule has 6 heteroatoms. The van der Waals surface area contributed by atoms with E-state index in [0.717, 1.165) is 6.42 Å². The van der Waals surface area contributed by atoms with E-state index in [0.29, 0.717) is 13.0 Å². The number of likely N-dealkylation sites (N-methyl/N-ethyl adjacent to an activating group) is 1. The monoisotopic (exact) mass is 225 g/mol. The summed E-state index contributed by atoms with van der Waals surface area (Å²) in [5.41, 5.74) is 10.4. The normalized spacial score (nSPS) is 11.2.